The Bertz CT molecular complexity index is 1590. The number of benzene rings is 1. The number of halogens is 5. The third-order valence-electron chi connectivity index (χ3n) is 6.42. The van der Waals surface area contributed by atoms with E-state index in [2.05, 4.69) is 37.9 Å². The van der Waals surface area contributed by atoms with E-state index in [0.29, 0.717) is 53.2 Å². The van der Waals surface area contributed by atoms with Crippen molar-refractivity contribution in [3.05, 3.63) is 40.7 Å². The number of carbonyl (C=O) groups is 2. The summed E-state index contributed by atoms with van der Waals surface area (Å²) >= 11 is 8.90. The lowest BCUT2D eigenvalue weighted by atomic mass is 10.0. The molecule has 0 bridgehead atoms. The van der Waals surface area contributed by atoms with Gasteiger partial charge in [0.15, 0.2) is 0 Å². The summed E-state index contributed by atoms with van der Waals surface area (Å²) in [6, 6.07) is 5.75. The number of alkyl halides is 4. The highest BCUT2D eigenvalue weighted by atomic mass is 127. The first-order valence-electron chi connectivity index (χ1n) is 14.2. The summed E-state index contributed by atoms with van der Waals surface area (Å²) in [7, 11) is 0. The summed E-state index contributed by atoms with van der Waals surface area (Å²) in [6.45, 7) is 12.3. The van der Waals surface area contributed by atoms with Gasteiger partial charge in [-0.1, -0.05) is 40.3 Å². The Labute approximate surface area is 278 Å². The Morgan fingerprint density at radius 1 is 0.956 bits per heavy atom. The molecular formula is C30H35ClF3IN6O4. The maximum absolute atomic E-state index is 13.6. The van der Waals surface area contributed by atoms with Crippen molar-refractivity contribution in [2.45, 2.75) is 69.8 Å². The molecule has 2 amide bonds. The SMILES string of the molecule is CC(C)(C)OC(=O)Nc1ccc(CC(F)(F)F)c(-c2cc3nc(CI)nc(N4CCN(C(=O)OC(C)(C)C)CC4)c3cc2Cl)n1. The van der Waals surface area contributed by atoms with Crippen LogP contribution < -0.4 is 10.2 Å². The zero-order valence-electron chi connectivity index (χ0n) is 25.8. The Kier molecular flexibility index (Phi) is 10.3. The van der Waals surface area contributed by atoms with Crippen molar-refractivity contribution in [1.29, 1.82) is 0 Å². The van der Waals surface area contributed by atoms with Crippen LogP contribution in [0.25, 0.3) is 22.2 Å². The van der Waals surface area contributed by atoms with Crippen molar-refractivity contribution in [2.75, 3.05) is 36.4 Å². The summed E-state index contributed by atoms with van der Waals surface area (Å²) in [5.41, 5.74) is -0.891. The molecule has 1 aliphatic heterocycles. The Hall–Kier alpha value is -3.14. The fourth-order valence-corrected chi connectivity index (χ4v) is 5.24. The van der Waals surface area contributed by atoms with Crippen LogP contribution in [0.3, 0.4) is 0 Å². The molecule has 1 fully saturated rings. The molecule has 10 nitrogen and oxygen atoms in total. The monoisotopic (exact) mass is 762 g/mol. The van der Waals surface area contributed by atoms with Crippen LogP contribution in [0, 0.1) is 0 Å². The van der Waals surface area contributed by atoms with Gasteiger partial charge in [-0.05, 0) is 65.3 Å². The molecule has 1 aliphatic rings. The standard InChI is InChI=1S/C30H35ClF3IN6O4/c1-28(2,3)44-26(42)39-22-8-7-17(15-30(32,33)34)24(37-22)18-14-21-19(13-20(18)31)25(38-23(16-35)36-21)40-9-11-41(12-10-40)27(43)45-29(4,5)6/h7-8,13-14H,9-12,15-16H2,1-6H3,(H,37,39,42). The second-order valence-electron chi connectivity index (χ2n) is 12.5. The molecule has 3 heterocycles. The molecule has 0 saturated carbocycles. The maximum Gasteiger partial charge on any atom is 0.413 e. The number of carbonyl (C=O) groups excluding carboxylic acids is 2. The lowest BCUT2D eigenvalue weighted by Crippen LogP contribution is -2.50. The van der Waals surface area contributed by atoms with E-state index in [9.17, 15) is 22.8 Å². The summed E-state index contributed by atoms with van der Waals surface area (Å²) in [6.07, 6.45) is -6.97. The van der Waals surface area contributed by atoms with Gasteiger partial charge in [0.05, 0.1) is 27.1 Å². The second kappa shape index (κ2) is 13.3. The van der Waals surface area contributed by atoms with Gasteiger partial charge in [-0.25, -0.2) is 24.5 Å². The lowest BCUT2D eigenvalue weighted by molar-refractivity contribution is -0.127. The van der Waals surface area contributed by atoms with Crippen LogP contribution in [0.15, 0.2) is 24.3 Å². The van der Waals surface area contributed by atoms with Crippen LogP contribution in [0.1, 0.15) is 52.9 Å². The van der Waals surface area contributed by atoms with E-state index in [1.165, 1.54) is 12.1 Å². The minimum absolute atomic E-state index is 0.000485. The summed E-state index contributed by atoms with van der Waals surface area (Å²) < 4.78 is 52.0. The first-order valence-corrected chi connectivity index (χ1v) is 16.1. The molecule has 0 atom stereocenters. The van der Waals surface area contributed by atoms with E-state index in [0.717, 1.165) is 0 Å². The number of nitrogens with one attached hydrogen (secondary N) is 1. The van der Waals surface area contributed by atoms with Crippen molar-refractivity contribution >= 4 is 68.9 Å². The number of amides is 2. The fraction of sp³-hybridized carbons (Fsp3) is 0.500. The molecule has 244 valence electrons. The quantitative estimate of drug-likeness (QED) is 0.207. The molecule has 0 spiro atoms. The van der Waals surface area contributed by atoms with Crippen molar-refractivity contribution < 1.29 is 32.2 Å². The van der Waals surface area contributed by atoms with Crippen LogP contribution in [-0.2, 0) is 20.3 Å². The topological polar surface area (TPSA) is 110 Å². The lowest BCUT2D eigenvalue weighted by Gasteiger charge is -2.36. The van der Waals surface area contributed by atoms with Gasteiger partial charge in [-0.2, -0.15) is 13.2 Å². The zero-order chi connectivity index (χ0) is 33.3. The molecule has 2 aromatic heterocycles. The summed E-state index contributed by atoms with van der Waals surface area (Å²) in [5.74, 6) is 1.12. The van der Waals surface area contributed by atoms with Gasteiger partial charge in [-0.15, -0.1) is 0 Å². The summed E-state index contributed by atoms with van der Waals surface area (Å²) in [4.78, 5) is 42.4. The van der Waals surface area contributed by atoms with Gasteiger partial charge in [0, 0.05) is 37.1 Å². The molecular weight excluding hydrogens is 728 g/mol. The van der Waals surface area contributed by atoms with Crippen LogP contribution >= 0.6 is 34.2 Å². The van der Waals surface area contributed by atoms with E-state index in [1.807, 2.05) is 25.7 Å². The smallest absolute Gasteiger partial charge is 0.413 e. The van der Waals surface area contributed by atoms with Gasteiger partial charge in [0.2, 0.25) is 0 Å². The summed E-state index contributed by atoms with van der Waals surface area (Å²) in [5, 5.41) is 3.21. The average Bonchev–Trinajstić information content (AvgIpc) is 2.90. The minimum atomic E-state index is -4.52. The van der Waals surface area contributed by atoms with Crippen LogP contribution in [0.2, 0.25) is 5.02 Å². The predicted molar refractivity (Wildman–Crippen MR) is 175 cm³/mol. The number of anilines is 2. The molecule has 4 rings (SSSR count). The predicted octanol–water partition coefficient (Wildman–Crippen LogP) is 7.79. The molecule has 45 heavy (non-hydrogen) atoms. The molecule has 1 saturated heterocycles. The number of rotatable bonds is 5. The first-order chi connectivity index (χ1) is 20.8. The Morgan fingerprint density at radius 2 is 1.60 bits per heavy atom. The highest BCUT2D eigenvalue weighted by Gasteiger charge is 2.31. The van der Waals surface area contributed by atoms with Crippen LogP contribution in [0.5, 0.6) is 0 Å². The number of fused-ring (bicyclic) bond motifs is 1. The highest BCUT2D eigenvalue weighted by Crippen LogP contribution is 2.38. The number of ether oxygens (including phenoxy) is 2. The minimum Gasteiger partial charge on any atom is -0.444 e. The van der Waals surface area contributed by atoms with Gasteiger partial charge < -0.3 is 19.3 Å². The van der Waals surface area contributed by atoms with Crippen LogP contribution in [0.4, 0.5) is 34.4 Å². The van der Waals surface area contributed by atoms with E-state index in [4.69, 9.17) is 26.1 Å². The number of aromatic nitrogens is 3. The van der Waals surface area contributed by atoms with Crippen molar-refractivity contribution in [3.63, 3.8) is 0 Å². The number of pyridine rings is 1. The number of nitrogens with zero attached hydrogens (tertiary/aromatic N) is 5. The van der Waals surface area contributed by atoms with Crippen molar-refractivity contribution in [1.82, 2.24) is 19.9 Å². The van der Waals surface area contributed by atoms with E-state index in [-0.39, 0.29) is 33.8 Å². The second-order valence-corrected chi connectivity index (χ2v) is 13.7. The Balaban J connectivity index is 1.73. The number of piperazine rings is 1. The van der Waals surface area contributed by atoms with Gasteiger partial charge >= 0.3 is 18.4 Å². The number of hydrogen-bond acceptors (Lipinski definition) is 8. The van der Waals surface area contributed by atoms with E-state index >= 15 is 0 Å². The largest absolute Gasteiger partial charge is 0.444 e. The fourth-order valence-electron chi connectivity index (χ4n) is 4.65. The molecule has 1 aromatic carbocycles. The molecule has 0 aliphatic carbocycles. The van der Waals surface area contributed by atoms with Crippen molar-refractivity contribution in [2.24, 2.45) is 0 Å². The molecule has 3 aromatic rings. The van der Waals surface area contributed by atoms with E-state index < -0.39 is 29.9 Å². The van der Waals surface area contributed by atoms with Crippen LogP contribution in [-0.4, -0.2) is 75.6 Å². The third-order valence-corrected chi connectivity index (χ3v) is 7.41. The normalized spacial score (nSPS) is 14.5. The van der Waals surface area contributed by atoms with Gasteiger partial charge in [-0.3, -0.25) is 5.32 Å². The van der Waals surface area contributed by atoms with E-state index in [1.54, 1.807) is 37.8 Å². The average molecular weight is 763 g/mol. The van der Waals surface area contributed by atoms with Crippen molar-refractivity contribution in [3.8, 4) is 11.3 Å². The molecule has 15 heteroatoms. The zero-order valence-corrected chi connectivity index (χ0v) is 28.7. The van der Waals surface area contributed by atoms with Gasteiger partial charge in [0.1, 0.15) is 28.7 Å². The Morgan fingerprint density at radius 3 is 2.18 bits per heavy atom. The first kappa shape index (κ1) is 34.7. The maximum atomic E-state index is 13.6. The number of hydrogen-bond donors (Lipinski definition) is 1. The molecule has 0 unspecified atom stereocenters. The molecule has 1 N–H and O–H groups in total. The highest BCUT2D eigenvalue weighted by molar-refractivity contribution is 14.1. The van der Waals surface area contributed by atoms with Gasteiger partial charge in [0.25, 0.3) is 0 Å². The molecule has 0 radical (unpaired) electrons. The third kappa shape index (κ3) is 9.44.